The second-order valence-electron chi connectivity index (χ2n) is 38.8. The highest BCUT2D eigenvalue weighted by Gasteiger charge is 2.16. The van der Waals surface area contributed by atoms with Crippen LogP contribution in [0.3, 0.4) is 0 Å². The minimum absolute atomic E-state index is 0.0900. The second-order valence-corrected chi connectivity index (χ2v) is 38.8. The van der Waals surface area contributed by atoms with Crippen molar-refractivity contribution < 1.29 is 16.3 Å². The van der Waals surface area contributed by atoms with Crippen LogP contribution < -0.4 is 30.7 Å². The molecule has 0 fully saturated rings. The van der Waals surface area contributed by atoms with Crippen molar-refractivity contribution in [3.8, 4) is 45.1 Å². The van der Waals surface area contributed by atoms with Crippen molar-refractivity contribution >= 4 is 77.8 Å². The van der Waals surface area contributed by atoms with Gasteiger partial charge in [-0.1, -0.05) is 489 Å². The molecule has 1 aromatic heterocycles. The molecule has 1 heterocycles. The quantitative estimate of drug-likeness (QED) is 0.0566. The lowest BCUT2D eigenvalue weighted by atomic mass is 9.85. The van der Waals surface area contributed by atoms with Gasteiger partial charge in [0.15, 0.2) is 5.82 Å². The van der Waals surface area contributed by atoms with Gasteiger partial charge in [-0.05, 0) is 254 Å². The smallest absolute Gasteiger partial charge is 0.159 e. The molecule has 0 saturated carbocycles. The van der Waals surface area contributed by atoms with Gasteiger partial charge in [-0.3, -0.25) is 0 Å². The molecule has 740 valence electrons. The summed E-state index contributed by atoms with van der Waals surface area (Å²) in [5.74, 6) is 2.50. The van der Waals surface area contributed by atoms with Crippen molar-refractivity contribution in [2.45, 2.75) is 98.8 Å². The van der Waals surface area contributed by atoms with Crippen LogP contribution in [0, 0.1) is 20.8 Å². The molecule has 22 rings (SSSR count). The van der Waals surface area contributed by atoms with Gasteiger partial charge in [0.1, 0.15) is 11.5 Å². The van der Waals surface area contributed by atoms with E-state index in [9.17, 15) is 0 Å². The molecule has 0 saturated heterocycles. The maximum absolute atomic E-state index is 7.75. The minimum atomic E-state index is -0.386. The van der Waals surface area contributed by atoms with Crippen LogP contribution in [-0.4, -0.2) is 24.2 Å². The lowest BCUT2D eigenvalue weighted by Crippen LogP contribution is -2.11. The second kappa shape index (κ2) is 54.3. The number of aryl methyl sites for hydroxylation is 3. The first-order valence-corrected chi connectivity index (χ1v) is 50.7. The number of aromatic nitrogens is 2. The van der Waals surface area contributed by atoms with E-state index in [2.05, 4.69) is 458 Å². The van der Waals surface area contributed by atoms with Crippen molar-refractivity contribution in [1.82, 2.24) is 9.97 Å². The summed E-state index contributed by atoms with van der Waals surface area (Å²) >= 11 is 0. The first-order valence-electron chi connectivity index (χ1n) is 53.2. The van der Waals surface area contributed by atoms with Gasteiger partial charge in [0, 0.05) is 56.1 Å². The predicted molar refractivity (Wildman–Crippen MR) is 637 cm³/mol. The maximum Gasteiger partial charge on any atom is 0.159 e. The predicted octanol–water partition coefficient (Wildman–Crippen LogP) is 37.6. The molecule has 4 N–H and O–H groups in total. The van der Waals surface area contributed by atoms with Gasteiger partial charge in [0.25, 0.3) is 0 Å². The Morgan fingerprint density at radius 1 is 0.228 bits per heavy atom. The van der Waals surface area contributed by atoms with Gasteiger partial charge in [-0.25, -0.2) is 9.97 Å². The monoisotopic (exact) mass is 1950 g/mol. The fraction of sp³-hybridized carbons (Fsp3) is 0.121. The minimum Gasteiger partial charge on any atom is -0.497 e. The molecule has 0 radical (unpaired) electrons. The number of benzene rings is 21. The third-order valence-corrected chi connectivity index (χ3v) is 25.2. The lowest BCUT2D eigenvalue weighted by molar-refractivity contribution is 0.414. The lowest BCUT2D eigenvalue weighted by Gasteiger charge is -2.20. The Kier molecular flexibility index (Phi) is 35.9. The fourth-order valence-corrected chi connectivity index (χ4v) is 16.7. The van der Waals surface area contributed by atoms with E-state index in [1.165, 1.54) is 127 Å². The molecule has 0 aliphatic heterocycles. The van der Waals surface area contributed by atoms with Crippen LogP contribution >= 0.6 is 0 Å². The van der Waals surface area contributed by atoms with Crippen LogP contribution in [-0.2, 0) is 36.5 Å². The molecule has 0 amide bonds. The summed E-state index contributed by atoms with van der Waals surface area (Å²) in [6, 6.07) is 171. The third kappa shape index (κ3) is 33.7. The Balaban J connectivity index is 0.000000132. The van der Waals surface area contributed by atoms with Gasteiger partial charge >= 0.3 is 0 Å². The SMILES string of the molecule is CC(C)(C)c1ccc(Cc2ccc(C(C)(C)C)cc2)cc1.COc1ccc(Cc2ccc(C)cc2)cc1.COc1ccc(Nc2cccc3ccccc23)cc1.Cc1ccc(Cc2ccc(C)cc2)cc1.[2H]c1c([2H])c([2H])c(Nc2ccccc2)c([2H])c1[2H].c1ccc(-c2ncc(Nc3cccc4ccccc34)cn2)cc1.c1ccc(Cc2ccc(-c3ccc(-c4ccccc4)cc3)cc2)cc1.c1ccc(Nc2ccc3ccccc3c2)cc1. The van der Waals surface area contributed by atoms with Crippen LogP contribution in [0.15, 0.2) is 540 Å². The zero-order valence-corrected chi connectivity index (χ0v) is 87.0. The molecule has 21 aromatic carbocycles. The van der Waals surface area contributed by atoms with E-state index in [1.807, 2.05) is 122 Å². The molecule has 149 heavy (non-hydrogen) atoms. The standard InChI is InChI=1S/C25H20.C21H28.C20H15N3.C17H15NO.C16H13N.C15H16O.C15H16.C12H11N/c1-3-7-20(8-4-1)19-21-11-13-23(14-12-21)25-17-15-24(16-18-25)22-9-5-2-6-10-22;1-20(2,3)18-11-7-16(8-12-18)15-17-9-13-19(14-10-17)21(4,5)6;1-2-8-16(9-3-1)20-21-13-17(14-22-20)23-19-12-6-10-15-7-4-5-11-18(15)19;1-19-15-11-9-14(10-12-15)18-17-8-4-6-13-5-2-3-7-16(13)17;1-2-8-15(9-3-1)17-16-11-10-13-6-4-5-7-14(13)12-16;1-12-3-5-13(6-4-12)11-14-7-9-15(16-2)10-8-14;1-12-3-7-14(8-4-12)11-15-9-5-13(2)6-10-15;1-3-7-11(8-4-1)13-12-9-5-2-6-10-12/h1-18H,19H2;7-14H,15H2,1-6H3;1-14,23H;2-12,18H,1H3;1-12,17H;3-10H,11H2,1-2H3;3-10H,11H2,1-2H3;1-10,13H/i;;;;;;;1D,3D,4D,7D,8D. The Bertz CT molecular complexity index is 7940. The zero-order valence-electron chi connectivity index (χ0n) is 92.0. The summed E-state index contributed by atoms with van der Waals surface area (Å²) in [4.78, 5) is 8.90. The average molecular weight is 1950 g/mol. The first kappa shape index (κ1) is 98.7. The third-order valence-electron chi connectivity index (χ3n) is 25.2. The number of rotatable bonds is 21. The van der Waals surface area contributed by atoms with Crippen LogP contribution in [0.25, 0.3) is 66.0 Å². The summed E-state index contributed by atoms with van der Waals surface area (Å²) < 4.78 is 48.4. The highest BCUT2D eigenvalue weighted by Crippen LogP contribution is 2.34. The van der Waals surface area contributed by atoms with E-state index in [0.717, 1.165) is 82.7 Å². The average Bonchev–Trinajstić information content (AvgIpc) is 0.795. The summed E-state index contributed by atoms with van der Waals surface area (Å²) in [5.41, 5.74) is 31.2. The summed E-state index contributed by atoms with van der Waals surface area (Å²) in [6.07, 6.45) is 7.63. The van der Waals surface area contributed by atoms with E-state index in [0.29, 0.717) is 5.69 Å². The Hall–Kier alpha value is -17.7. The topological polar surface area (TPSA) is 92.4 Å². The van der Waals surface area contributed by atoms with Gasteiger partial charge in [0.05, 0.1) is 39.2 Å². The zero-order chi connectivity index (χ0) is 108. The number of hydrogen-bond acceptors (Lipinski definition) is 8. The van der Waals surface area contributed by atoms with Crippen molar-refractivity contribution in [2.24, 2.45) is 0 Å². The Morgan fingerprint density at radius 3 is 0.919 bits per heavy atom. The number of nitrogens with zero attached hydrogens (tertiary/aromatic N) is 2. The molecule has 0 spiro atoms. The van der Waals surface area contributed by atoms with Crippen LogP contribution in [0.5, 0.6) is 11.5 Å². The van der Waals surface area contributed by atoms with Crippen LogP contribution in [0.1, 0.15) is 121 Å². The van der Waals surface area contributed by atoms with Crippen LogP contribution in [0.2, 0.25) is 0 Å². The van der Waals surface area contributed by atoms with E-state index >= 15 is 0 Å². The van der Waals surface area contributed by atoms with Crippen LogP contribution in [0.4, 0.5) is 45.5 Å². The first-order chi connectivity index (χ1) is 74.8. The maximum atomic E-state index is 7.75. The van der Waals surface area contributed by atoms with Gasteiger partial charge < -0.3 is 30.7 Å². The van der Waals surface area contributed by atoms with Gasteiger partial charge in [0.2, 0.25) is 0 Å². The molecular weight excluding hydrogens is 1810 g/mol. The number of anilines is 8. The highest BCUT2D eigenvalue weighted by molar-refractivity contribution is 5.96. The fourth-order valence-electron chi connectivity index (χ4n) is 16.7. The summed E-state index contributed by atoms with van der Waals surface area (Å²) in [7, 11) is 3.36. The largest absolute Gasteiger partial charge is 0.497 e. The molecule has 0 aliphatic carbocycles. The normalized spacial score (nSPS) is 11.1. The van der Waals surface area contributed by atoms with E-state index in [-0.39, 0.29) is 46.7 Å². The Morgan fingerprint density at radius 2 is 0.517 bits per heavy atom. The summed E-state index contributed by atoms with van der Waals surface area (Å²) in [6.45, 7) is 19.9. The number of ether oxygens (including phenoxy) is 2. The molecule has 0 unspecified atom stereocenters. The molecule has 0 atom stereocenters. The molecule has 8 nitrogen and oxygen atoms in total. The van der Waals surface area contributed by atoms with E-state index in [1.54, 1.807) is 38.5 Å². The molecule has 0 bridgehead atoms. The number of para-hydroxylation sites is 3. The van der Waals surface area contributed by atoms with Gasteiger partial charge in [-0.15, -0.1) is 0 Å². The molecule has 8 heteroatoms. The molecule has 22 aromatic rings. The highest BCUT2D eigenvalue weighted by atomic mass is 16.5. The number of methoxy groups -OCH3 is 2. The Labute approximate surface area is 890 Å². The van der Waals surface area contributed by atoms with E-state index in [4.69, 9.17) is 16.3 Å². The number of hydrogen-bond donors (Lipinski definition) is 4. The number of fused-ring (bicyclic) bond motifs is 3. The van der Waals surface area contributed by atoms with E-state index < -0.39 is 0 Å². The molecular formula is C141H134N6O2. The number of nitrogens with one attached hydrogen (secondary N) is 4. The van der Waals surface area contributed by atoms with Crippen molar-refractivity contribution in [3.05, 3.63) is 612 Å². The van der Waals surface area contributed by atoms with Crippen molar-refractivity contribution in [3.63, 3.8) is 0 Å². The van der Waals surface area contributed by atoms with Crippen molar-refractivity contribution in [2.75, 3.05) is 35.5 Å². The van der Waals surface area contributed by atoms with Gasteiger partial charge in [-0.2, -0.15) is 0 Å². The van der Waals surface area contributed by atoms with Crippen molar-refractivity contribution in [1.29, 1.82) is 0 Å². The molecule has 0 aliphatic rings. The summed E-state index contributed by atoms with van der Waals surface area (Å²) in [5, 5.41) is 20.5.